The molecule has 0 aliphatic heterocycles. The highest BCUT2D eigenvalue weighted by atomic mass is 32.1. The summed E-state index contributed by atoms with van der Waals surface area (Å²) < 4.78 is 0. The van der Waals surface area contributed by atoms with Crippen LogP contribution in [-0.2, 0) is 6.42 Å². The van der Waals surface area contributed by atoms with Crippen LogP contribution in [0, 0.1) is 0 Å². The SMILES string of the molecule is CCN(C(=O)c1cc(C(=O)O)ccn1)C(C)Cc1ccsc1. The molecule has 0 saturated carbocycles. The van der Waals surface area contributed by atoms with Crippen molar-refractivity contribution in [3.63, 3.8) is 0 Å². The summed E-state index contributed by atoms with van der Waals surface area (Å²) in [6.45, 7) is 4.44. The van der Waals surface area contributed by atoms with E-state index in [1.807, 2.05) is 25.3 Å². The number of carboxylic acid groups (broad SMARTS) is 1. The fourth-order valence-electron chi connectivity index (χ4n) is 2.34. The van der Waals surface area contributed by atoms with Gasteiger partial charge in [0.25, 0.3) is 5.91 Å². The molecule has 0 fully saturated rings. The molecule has 2 heterocycles. The maximum Gasteiger partial charge on any atom is 0.335 e. The molecule has 0 aliphatic carbocycles. The van der Waals surface area contributed by atoms with Crippen LogP contribution in [0.4, 0.5) is 0 Å². The van der Waals surface area contributed by atoms with Crippen molar-refractivity contribution in [2.45, 2.75) is 26.3 Å². The number of hydrogen-bond acceptors (Lipinski definition) is 4. The molecule has 1 amide bonds. The molecule has 5 nitrogen and oxygen atoms in total. The number of hydrogen-bond donors (Lipinski definition) is 1. The summed E-state index contributed by atoms with van der Waals surface area (Å²) in [5.41, 5.74) is 1.43. The van der Waals surface area contributed by atoms with E-state index < -0.39 is 5.97 Å². The third-order valence-electron chi connectivity index (χ3n) is 3.47. The number of carboxylic acids is 1. The van der Waals surface area contributed by atoms with Crippen LogP contribution >= 0.6 is 11.3 Å². The van der Waals surface area contributed by atoms with Gasteiger partial charge in [-0.2, -0.15) is 11.3 Å². The molecule has 22 heavy (non-hydrogen) atoms. The molecule has 0 radical (unpaired) electrons. The number of carbonyl (C=O) groups excluding carboxylic acids is 1. The quantitative estimate of drug-likeness (QED) is 0.889. The van der Waals surface area contributed by atoms with Crippen molar-refractivity contribution in [2.75, 3.05) is 6.54 Å². The maximum atomic E-state index is 12.6. The Bertz CT molecular complexity index is 655. The Morgan fingerprint density at radius 3 is 2.77 bits per heavy atom. The van der Waals surface area contributed by atoms with Crippen molar-refractivity contribution >= 4 is 23.2 Å². The van der Waals surface area contributed by atoms with Gasteiger partial charge in [0.15, 0.2) is 0 Å². The molecule has 0 spiro atoms. The van der Waals surface area contributed by atoms with Crippen molar-refractivity contribution < 1.29 is 14.7 Å². The van der Waals surface area contributed by atoms with E-state index in [0.717, 1.165) is 6.42 Å². The van der Waals surface area contributed by atoms with E-state index in [4.69, 9.17) is 5.11 Å². The summed E-state index contributed by atoms with van der Waals surface area (Å²) in [5.74, 6) is -1.31. The Balaban J connectivity index is 2.17. The third kappa shape index (κ3) is 3.71. The number of amides is 1. The van der Waals surface area contributed by atoms with Crippen LogP contribution in [0.25, 0.3) is 0 Å². The number of carbonyl (C=O) groups is 2. The van der Waals surface area contributed by atoms with Gasteiger partial charge in [0.05, 0.1) is 5.56 Å². The molecule has 0 aromatic carbocycles. The fraction of sp³-hybridized carbons (Fsp3) is 0.312. The number of thiophene rings is 1. The van der Waals surface area contributed by atoms with E-state index in [1.54, 1.807) is 16.2 Å². The normalized spacial score (nSPS) is 11.9. The smallest absolute Gasteiger partial charge is 0.335 e. The highest BCUT2D eigenvalue weighted by molar-refractivity contribution is 7.07. The lowest BCUT2D eigenvalue weighted by atomic mass is 10.1. The second-order valence-corrected chi connectivity index (χ2v) is 5.79. The van der Waals surface area contributed by atoms with Crippen molar-refractivity contribution in [3.8, 4) is 0 Å². The first-order valence-electron chi connectivity index (χ1n) is 7.04. The van der Waals surface area contributed by atoms with Gasteiger partial charge in [-0.15, -0.1) is 0 Å². The summed E-state index contributed by atoms with van der Waals surface area (Å²) in [7, 11) is 0. The Hall–Kier alpha value is -2.21. The molecule has 0 saturated heterocycles. The van der Waals surface area contributed by atoms with Gasteiger partial charge in [0, 0.05) is 18.8 Å². The van der Waals surface area contributed by atoms with E-state index >= 15 is 0 Å². The van der Waals surface area contributed by atoms with E-state index in [0.29, 0.717) is 6.54 Å². The van der Waals surface area contributed by atoms with Gasteiger partial charge in [-0.25, -0.2) is 4.79 Å². The first-order chi connectivity index (χ1) is 10.5. The van der Waals surface area contributed by atoms with Crippen LogP contribution in [-0.4, -0.2) is 39.5 Å². The largest absolute Gasteiger partial charge is 0.478 e. The zero-order valence-corrected chi connectivity index (χ0v) is 13.3. The molecule has 2 aromatic heterocycles. The van der Waals surface area contributed by atoms with Crippen LogP contribution in [0.1, 0.15) is 40.3 Å². The molecule has 0 aliphatic rings. The molecule has 116 valence electrons. The number of nitrogens with zero attached hydrogens (tertiary/aromatic N) is 2. The summed E-state index contributed by atoms with van der Waals surface area (Å²) >= 11 is 1.63. The molecule has 1 atom stereocenters. The highest BCUT2D eigenvalue weighted by Gasteiger charge is 2.22. The molecule has 6 heteroatoms. The van der Waals surface area contributed by atoms with Crippen LogP contribution in [0.3, 0.4) is 0 Å². The number of likely N-dealkylation sites (N-methyl/N-ethyl adjacent to an activating group) is 1. The average molecular weight is 318 g/mol. The van der Waals surface area contributed by atoms with Crippen LogP contribution in [0.15, 0.2) is 35.2 Å². The molecule has 0 bridgehead atoms. The summed E-state index contributed by atoms with van der Waals surface area (Å²) in [6, 6.07) is 4.76. The number of pyridine rings is 1. The van der Waals surface area contributed by atoms with Gasteiger partial charge >= 0.3 is 5.97 Å². The summed E-state index contributed by atoms with van der Waals surface area (Å²) in [4.78, 5) is 29.3. The highest BCUT2D eigenvalue weighted by Crippen LogP contribution is 2.14. The van der Waals surface area contributed by atoms with E-state index in [1.165, 1.54) is 23.9 Å². The van der Waals surface area contributed by atoms with Gasteiger partial charge in [-0.3, -0.25) is 9.78 Å². The minimum Gasteiger partial charge on any atom is -0.478 e. The van der Waals surface area contributed by atoms with Gasteiger partial charge in [0.1, 0.15) is 5.69 Å². The number of rotatable bonds is 6. The predicted molar refractivity (Wildman–Crippen MR) is 85.4 cm³/mol. The van der Waals surface area contributed by atoms with E-state index in [9.17, 15) is 9.59 Å². The summed E-state index contributed by atoms with van der Waals surface area (Å²) in [5, 5.41) is 13.1. The predicted octanol–water partition coefficient (Wildman–Crippen LogP) is 2.93. The van der Waals surface area contributed by atoms with Crippen molar-refractivity contribution in [2.24, 2.45) is 0 Å². The van der Waals surface area contributed by atoms with E-state index in [-0.39, 0.29) is 23.2 Å². The minimum atomic E-state index is -1.06. The van der Waals surface area contributed by atoms with Gasteiger partial charge in [-0.05, 0) is 54.8 Å². The number of aromatic carboxylic acids is 1. The molecule has 2 rings (SSSR count). The molecule has 1 N–H and O–H groups in total. The van der Waals surface area contributed by atoms with Gasteiger partial charge in [0.2, 0.25) is 0 Å². The third-order valence-corrected chi connectivity index (χ3v) is 4.20. The van der Waals surface area contributed by atoms with E-state index in [2.05, 4.69) is 10.4 Å². The van der Waals surface area contributed by atoms with Crippen molar-refractivity contribution in [1.82, 2.24) is 9.88 Å². The van der Waals surface area contributed by atoms with Gasteiger partial charge < -0.3 is 10.0 Å². The first kappa shape index (κ1) is 16.2. The molecule has 2 aromatic rings. The van der Waals surface area contributed by atoms with Crippen LogP contribution in [0.5, 0.6) is 0 Å². The standard InChI is InChI=1S/C16H18N2O3S/c1-3-18(11(2)8-12-5-7-22-10-12)15(19)14-9-13(16(20)21)4-6-17-14/h4-7,9-11H,3,8H2,1-2H3,(H,20,21). The molecule has 1 unspecified atom stereocenters. The van der Waals surface area contributed by atoms with Gasteiger partial charge in [-0.1, -0.05) is 0 Å². The Morgan fingerprint density at radius 1 is 1.41 bits per heavy atom. The monoisotopic (exact) mass is 318 g/mol. The Kier molecular flexibility index (Phi) is 5.27. The zero-order chi connectivity index (χ0) is 16.1. The molecular formula is C16H18N2O3S. The fourth-order valence-corrected chi connectivity index (χ4v) is 3.02. The Morgan fingerprint density at radius 2 is 2.18 bits per heavy atom. The second-order valence-electron chi connectivity index (χ2n) is 5.01. The maximum absolute atomic E-state index is 12.6. The first-order valence-corrected chi connectivity index (χ1v) is 7.98. The zero-order valence-electron chi connectivity index (χ0n) is 12.5. The Labute approximate surface area is 133 Å². The topological polar surface area (TPSA) is 70.5 Å². The molecular weight excluding hydrogens is 300 g/mol. The summed E-state index contributed by atoms with van der Waals surface area (Å²) in [6.07, 6.45) is 2.12. The van der Waals surface area contributed by atoms with Crippen LogP contribution < -0.4 is 0 Å². The minimum absolute atomic E-state index is 0.0161. The lowest BCUT2D eigenvalue weighted by Crippen LogP contribution is -2.40. The lowest BCUT2D eigenvalue weighted by molar-refractivity contribution is 0.0696. The number of aromatic nitrogens is 1. The van der Waals surface area contributed by atoms with Crippen molar-refractivity contribution in [1.29, 1.82) is 0 Å². The average Bonchev–Trinajstić information content (AvgIpc) is 3.00. The van der Waals surface area contributed by atoms with Crippen LogP contribution in [0.2, 0.25) is 0 Å². The van der Waals surface area contributed by atoms with Crippen molar-refractivity contribution in [3.05, 3.63) is 52.0 Å². The lowest BCUT2D eigenvalue weighted by Gasteiger charge is -2.27. The second kappa shape index (κ2) is 7.17.